The van der Waals surface area contributed by atoms with Crippen molar-refractivity contribution in [2.75, 3.05) is 0 Å². The number of rotatable bonds is 0. The Labute approximate surface area is 100 Å². The van der Waals surface area contributed by atoms with Gasteiger partial charge in [-0.05, 0) is 51.2 Å². The summed E-state index contributed by atoms with van der Waals surface area (Å²) in [7, 11) is 0. The molecule has 3 aromatic rings. The van der Waals surface area contributed by atoms with Crippen molar-refractivity contribution in [2.24, 2.45) is 0 Å². The number of fused-ring (bicyclic) bond motifs is 4. The van der Waals surface area contributed by atoms with E-state index in [0.29, 0.717) is 0 Å². The molecule has 0 N–H and O–H groups in total. The predicted molar refractivity (Wildman–Crippen MR) is 74.2 cm³/mol. The van der Waals surface area contributed by atoms with E-state index < -0.39 is 0 Å². The summed E-state index contributed by atoms with van der Waals surface area (Å²) in [5.74, 6) is 0. The molecule has 0 heteroatoms. The highest BCUT2D eigenvalue weighted by molar-refractivity contribution is 6.02. The molecular formula is C17H12. The smallest absolute Gasteiger partial charge is 0.00879 e. The number of benzene rings is 3. The fourth-order valence-corrected chi connectivity index (χ4v) is 2.76. The van der Waals surface area contributed by atoms with Gasteiger partial charge < -0.3 is 0 Å². The maximum absolute atomic E-state index is 2.32. The first-order chi connectivity index (χ1) is 8.42. The van der Waals surface area contributed by atoms with Gasteiger partial charge in [0.2, 0.25) is 0 Å². The normalized spacial score (nSPS) is 13.4. The van der Waals surface area contributed by atoms with Crippen LogP contribution in [0.4, 0.5) is 0 Å². The summed E-state index contributed by atoms with van der Waals surface area (Å²) in [4.78, 5) is 0. The van der Waals surface area contributed by atoms with Crippen molar-refractivity contribution in [1.29, 1.82) is 0 Å². The first kappa shape index (κ1) is 9.00. The molecule has 17 heavy (non-hydrogen) atoms. The lowest BCUT2D eigenvalue weighted by molar-refractivity contribution is 1.32. The van der Waals surface area contributed by atoms with Gasteiger partial charge in [-0.25, -0.2) is 0 Å². The second-order valence-electron chi connectivity index (χ2n) is 4.67. The maximum atomic E-state index is 2.32. The molecule has 4 rings (SSSR count). The van der Waals surface area contributed by atoms with Gasteiger partial charge in [0.25, 0.3) is 0 Å². The fourth-order valence-electron chi connectivity index (χ4n) is 2.76. The average Bonchev–Trinajstić information content (AvgIpc) is 2.85. The Balaban J connectivity index is 2.21. The molecule has 0 heterocycles. The van der Waals surface area contributed by atoms with Crippen molar-refractivity contribution >= 4 is 27.6 Å². The van der Waals surface area contributed by atoms with Gasteiger partial charge in [0.05, 0.1) is 0 Å². The van der Waals surface area contributed by atoms with Crippen LogP contribution in [0.25, 0.3) is 27.6 Å². The zero-order valence-electron chi connectivity index (χ0n) is 9.48. The molecule has 0 nitrogen and oxygen atoms in total. The molecule has 3 aromatic carbocycles. The van der Waals surface area contributed by atoms with Gasteiger partial charge in [0.15, 0.2) is 0 Å². The summed E-state index contributed by atoms with van der Waals surface area (Å²) >= 11 is 0. The second-order valence-corrected chi connectivity index (χ2v) is 4.67. The van der Waals surface area contributed by atoms with Crippen LogP contribution in [0.2, 0.25) is 0 Å². The van der Waals surface area contributed by atoms with Crippen LogP contribution in [-0.2, 0) is 6.42 Å². The van der Waals surface area contributed by atoms with E-state index in [0.717, 1.165) is 6.42 Å². The van der Waals surface area contributed by atoms with Crippen molar-refractivity contribution in [3.8, 4) is 0 Å². The van der Waals surface area contributed by atoms with Crippen LogP contribution in [0, 0.1) is 0 Å². The molecule has 0 aromatic heterocycles. The quantitative estimate of drug-likeness (QED) is 0.483. The monoisotopic (exact) mass is 216 g/mol. The fraction of sp³-hybridized carbons (Fsp3) is 0.0588. The summed E-state index contributed by atoms with van der Waals surface area (Å²) in [5, 5.41) is 5.37. The summed E-state index contributed by atoms with van der Waals surface area (Å²) in [6.07, 6.45) is 5.59. The molecule has 0 amide bonds. The molecule has 80 valence electrons. The molecule has 0 atom stereocenters. The summed E-state index contributed by atoms with van der Waals surface area (Å²) in [6, 6.07) is 17.7. The van der Waals surface area contributed by atoms with Crippen LogP contribution in [0.3, 0.4) is 0 Å². The lowest BCUT2D eigenvalue weighted by Crippen LogP contribution is -1.84. The van der Waals surface area contributed by atoms with Gasteiger partial charge in [0, 0.05) is 0 Å². The van der Waals surface area contributed by atoms with Gasteiger partial charge in [-0.2, -0.15) is 0 Å². The minimum atomic E-state index is 1.08. The van der Waals surface area contributed by atoms with Crippen molar-refractivity contribution < 1.29 is 0 Å². The van der Waals surface area contributed by atoms with Gasteiger partial charge in [-0.15, -0.1) is 0 Å². The molecule has 0 saturated heterocycles. The molecule has 1 aliphatic carbocycles. The van der Waals surface area contributed by atoms with E-state index in [2.05, 4.69) is 60.7 Å². The summed E-state index contributed by atoms with van der Waals surface area (Å²) in [6.45, 7) is 0. The Bertz CT molecular complexity index is 763. The molecule has 0 fully saturated rings. The van der Waals surface area contributed by atoms with Gasteiger partial charge >= 0.3 is 0 Å². The van der Waals surface area contributed by atoms with E-state index in [1.165, 1.54) is 32.7 Å². The van der Waals surface area contributed by atoms with E-state index in [-0.39, 0.29) is 0 Å². The Morgan fingerprint density at radius 2 is 1.59 bits per heavy atom. The Hall–Kier alpha value is -2.08. The minimum Gasteiger partial charge on any atom is -0.0795 e. The Morgan fingerprint density at radius 3 is 2.47 bits per heavy atom. The van der Waals surface area contributed by atoms with Crippen LogP contribution in [0.1, 0.15) is 11.1 Å². The van der Waals surface area contributed by atoms with Gasteiger partial charge in [0.1, 0.15) is 0 Å². The van der Waals surface area contributed by atoms with E-state index in [9.17, 15) is 0 Å². The predicted octanol–water partition coefficient (Wildman–Crippen LogP) is 4.56. The third kappa shape index (κ3) is 1.24. The molecule has 0 bridgehead atoms. The highest BCUT2D eigenvalue weighted by atomic mass is 14.1. The highest BCUT2D eigenvalue weighted by Gasteiger charge is 2.09. The Morgan fingerprint density at radius 1 is 0.765 bits per heavy atom. The number of allylic oxidation sites excluding steroid dienone is 1. The van der Waals surface area contributed by atoms with E-state index >= 15 is 0 Å². The third-order valence-electron chi connectivity index (χ3n) is 3.64. The zero-order chi connectivity index (χ0) is 11.2. The van der Waals surface area contributed by atoms with Crippen LogP contribution in [0.15, 0.2) is 54.6 Å². The highest BCUT2D eigenvalue weighted by Crippen LogP contribution is 2.31. The topological polar surface area (TPSA) is 0 Å². The maximum Gasteiger partial charge on any atom is -0.00879 e. The average molecular weight is 216 g/mol. The van der Waals surface area contributed by atoms with Crippen LogP contribution in [0.5, 0.6) is 0 Å². The molecule has 1 aliphatic rings. The lowest BCUT2D eigenvalue weighted by atomic mass is 9.97. The van der Waals surface area contributed by atoms with Crippen LogP contribution >= 0.6 is 0 Å². The SMILES string of the molecule is C1=Cc2c(ccc3cc4ccccc4cc23)C1. The number of hydrogen-bond acceptors (Lipinski definition) is 0. The third-order valence-corrected chi connectivity index (χ3v) is 3.64. The molecule has 0 unspecified atom stereocenters. The first-order valence-corrected chi connectivity index (χ1v) is 6.03. The van der Waals surface area contributed by atoms with Crippen molar-refractivity contribution in [1.82, 2.24) is 0 Å². The van der Waals surface area contributed by atoms with E-state index in [4.69, 9.17) is 0 Å². The lowest BCUT2D eigenvalue weighted by Gasteiger charge is -2.07. The van der Waals surface area contributed by atoms with Crippen molar-refractivity contribution in [3.05, 3.63) is 65.7 Å². The standard InChI is InChI=1S/C17H12/c1-2-5-14-11-17-15(10-13(14)4-1)9-8-12-6-3-7-16(12)17/h1-5,7-11H,6H2. The summed E-state index contributed by atoms with van der Waals surface area (Å²) < 4.78 is 0. The minimum absolute atomic E-state index is 1.08. The Kier molecular flexibility index (Phi) is 1.70. The largest absolute Gasteiger partial charge is 0.0795 e. The van der Waals surface area contributed by atoms with Crippen LogP contribution in [-0.4, -0.2) is 0 Å². The molecule has 0 aliphatic heterocycles. The van der Waals surface area contributed by atoms with Gasteiger partial charge in [-0.1, -0.05) is 48.6 Å². The van der Waals surface area contributed by atoms with Crippen LogP contribution < -0.4 is 0 Å². The molecular weight excluding hydrogens is 204 g/mol. The van der Waals surface area contributed by atoms with E-state index in [1.54, 1.807) is 0 Å². The molecule has 0 spiro atoms. The number of hydrogen-bond donors (Lipinski definition) is 0. The summed E-state index contributed by atoms with van der Waals surface area (Å²) in [5.41, 5.74) is 2.86. The second kappa shape index (κ2) is 3.21. The molecule has 0 saturated carbocycles. The molecule has 0 radical (unpaired) electrons. The van der Waals surface area contributed by atoms with Crippen molar-refractivity contribution in [3.63, 3.8) is 0 Å². The zero-order valence-corrected chi connectivity index (χ0v) is 9.48. The first-order valence-electron chi connectivity index (χ1n) is 6.03. The van der Waals surface area contributed by atoms with Gasteiger partial charge in [-0.3, -0.25) is 0 Å². The van der Waals surface area contributed by atoms with E-state index in [1.807, 2.05) is 0 Å². The van der Waals surface area contributed by atoms with Crippen molar-refractivity contribution in [2.45, 2.75) is 6.42 Å².